The van der Waals surface area contributed by atoms with E-state index in [-0.39, 0.29) is 0 Å². The molecule has 2 rings (SSSR count). The van der Waals surface area contributed by atoms with Crippen LogP contribution in [0.25, 0.3) is 0 Å². The quantitative estimate of drug-likeness (QED) is 0.662. The zero-order valence-electron chi connectivity index (χ0n) is 13.2. The molecule has 1 unspecified atom stereocenters. The second kappa shape index (κ2) is 5.71. The van der Waals surface area contributed by atoms with Crippen molar-refractivity contribution in [2.45, 2.75) is 54.7 Å². The van der Waals surface area contributed by atoms with Crippen LogP contribution in [0.1, 0.15) is 23.7 Å². The summed E-state index contributed by atoms with van der Waals surface area (Å²) in [6.07, 6.45) is -5.37. The van der Waals surface area contributed by atoms with Gasteiger partial charge in [0.25, 0.3) is 5.67 Å². The summed E-state index contributed by atoms with van der Waals surface area (Å²) in [4.78, 5) is 0. The van der Waals surface area contributed by atoms with Crippen LogP contribution in [-0.4, -0.2) is 40.4 Å². The molecular formula is C15H11F11O. The highest BCUT2D eigenvalue weighted by atomic mass is 19.4. The van der Waals surface area contributed by atoms with E-state index in [9.17, 15) is 53.4 Å². The van der Waals surface area contributed by atoms with Gasteiger partial charge in [-0.3, -0.25) is 0 Å². The first-order valence-corrected chi connectivity index (χ1v) is 7.21. The number of aliphatic hydroxyl groups is 1. The first-order chi connectivity index (χ1) is 11.9. The van der Waals surface area contributed by atoms with E-state index in [1.807, 2.05) is 0 Å². The Morgan fingerprint density at radius 3 is 1.56 bits per heavy atom. The fraction of sp³-hybridized carbons (Fsp3) is 0.600. The Morgan fingerprint density at radius 2 is 1.15 bits per heavy atom. The minimum absolute atomic E-state index is 0.295. The number of hydrogen-bond acceptors (Lipinski definition) is 1. The van der Waals surface area contributed by atoms with Crippen LogP contribution in [0.4, 0.5) is 48.3 Å². The van der Waals surface area contributed by atoms with Crippen molar-refractivity contribution in [1.82, 2.24) is 0 Å². The Kier molecular flexibility index (Phi) is 4.59. The number of benzene rings is 1. The van der Waals surface area contributed by atoms with E-state index in [1.54, 1.807) is 0 Å². The Hall–Kier alpha value is -1.59. The number of halogens is 11. The summed E-state index contributed by atoms with van der Waals surface area (Å²) >= 11 is 0. The Labute approximate surface area is 144 Å². The predicted molar refractivity (Wildman–Crippen MR) is 69.3 cm³/mol. The standard InChI is InChI=1S/C15H11F11O/c1-7-3-2-4-8(5-7)9(27)6-10(16)11(17,18)13(21,22)15(25,26)14(23,24)12(10,19)20/h2-5,9,27H,6H2,1H3. The highest BCUT2D eigenvalue weighted by molar-refractivity contribution is 5.29. The molecule has 0 aliphatic heterocycles. The molecule has 1 nitrogen and oxygen atoms in total. The highest BCUT2D eigenvalue weighted by Gasteiger charge is 3.00. The van der Waals surface area contributed by atoms with E-state index in [2.05, 4.69) is 0 Å². The van der Waals surface area contributed by atoms with Gasteiger partial charge in [-0.15, -0.1) is 0 Å². The van der Waals surface area contributed by atoms with Crippen LogP contribution in [-0.2, 0) is 0 Å². The third-order valence-corrected chi connectivity index (χ3v) is 4.47. The van der Waals surface area contributed by atoms with Crippen LogP contribution in [0, 0.1) is 6.92 Å². The summed E-state index contributed by atoms with van der Waals surface area (Å²) in [5.41, 5.74) is -6.43. The molecule has 1 aromatic rings. The lowest BCUT2D eigenvalue weighted by molar-refractivity contribution is -0.487. The third kappa shape index (κ3) is 2.40. The van der Waals surface area contributed by atoms with E-state index in [1.165, 1.54) is 13.0 Å². The van der Waals surface area contributed by atoms with Crippen LogP contribution in [0.2, 0.25) is 0 Å². The average Bonchev–Trinajstić information content (AvgIpc) is 2.52. The number of aliphatic hydroxyl groups excluding tert-OH is 1. The van der Waals surface area contributed by atoms with Gasteiger partial charge in [-0.25, -0.2) is 4.39 Å². The van der Waals surface area contributed by atoms with Gasteiger partial charge < -0.3 is 5.11 Å². The first kappa shape index (κ1) is 21.7. The fourth-order valence-corrected chi connectivity index (χ4v) is 2.80. The van der Waals surface area contributed by atoms with Crippen molar-refractivity contribution in [2.24, 2.45) is 0 Å². The van der Waals surface area contributed by atoms with E-state index >= 15 is 0 Å². The molecule has 1 fully saturated rings. The lowest BCUT2D eigenvalue weighted by Crippen LogP contribution is -2.83. The van der Waals surface area contributed by atoms with E-state index in [0.29, 0.717) is 5.56 Å². The average molecular weight is 416 g/mol. The molecule has 27 heavy (non-hydrogen) atoms. The number of aryl methyl sites for hydroxylation is 1. The van der Waals surface area contributed by atoms with Gasteiger partial charge in [-0.2, -0.15) is 43.9 Å². The summed E-state index contributed by atoms with van der Waals surface area (Å²) < 4.78 is 149. The molecule has 1 atom stereocenters. The molecule has 1 saturated carbocycles. The second-order valence-electron chi connectivity index (χ2n) is 6.31. The van der Waals surface area contributed by atoms with Crippen molar-refractivity contribution in [2.75, 3.05) is 0 Å². The first-order valence-electron chi connectivity index (χ1n) is 7.21. The lowest BCUT2D eigenvalue weighted by Gasteiger charge is -2.52. The molecule has 0 amide bonds. The smallest absolute Gasteiger partial charge is 0.384 e. The highest BCUT2D eigenvalue weighted by Crippen LogP contribution is 2.70. The predicted octanol–water partition coefficient (Wildman–Crippen LogP) is 5.32. The zero-order chi connectivity index (χ0) is 21.3. The maximum Gasteiger partial charge on any atom is 0.384 e. The van der Waals surface area contributed by atoms with E-state index < -0.39 is 53.4 Å². The normalized spacial score (nSPS) is 27.7. The van der Waals surface area contributed by atoms with Crippen molar-refractivity contribution < 1.29 is 53.4 Å². The van der Waals surface area contributed by atoms with Crippen molar-refractivity contribution >= 4 is 0 Å². The van der Waals surface area contributed by atoms with Gasteiger partial charge in [-0.1, -0.05) is 29.8 Å². The van der Waals surface area contributed by atoms with Crippen molar-refractivity contribution in [1.29, 1.82) is 0 Å². The summed E-state index contributed by atoms with van der Waals surface area (Å²) in [5, 5.41) is 9.71. The Balaban J connectivity index is 2.64. The summed E-state index contributed by atoms with van der Waals surface area (Å²) in [5.74, 6) is -35.4. The zero-order valence-corrected chi connectivity index (χ0v) is 13.2. The van der Waals surface area contributed by atoms with E-state index in [4.69, 9.17) is 0 Å². The number of hydrogen-bond donors (Lipinski definition) is 1. The summed E-state index contributed by atoms with van der Waals surface area (Å²) in [6.45, 7) is 1.37. The molecule has 154 valence electrons. The van der Waals surface area contributed by atoms with Crippen LogP contribution >= 0.6 is 0 Å². The third-order valence-electron chi connectivity index (χ3n) is 4.47. The molecule has 12 heteroatoms. The van der Waals surface area contributed by atoms with Gasteiger partial charge in [0.15, 0.2) is 0 Å². The molecule has 0 heterocycles. The molecule has 0 bridgehead atoms. The minimum atomic E-state index is -7.25. The number of rotatable bonds is 3. The lowest BCUT2D eigenvalue weighted by atomic mass is 9.69. The van der Waals surface area contributed by atoms with Gasteiger partial charge in [0, 0.05) is 6.42 Å². The monoisotopic (exact) mass is 416 g/mol. The molecule has 0 spiro atoms. The van der Waals surface area contributed by atoms with Gasteiger partial charge in [-0.05, 0) is 12.5 Å². The van der Waals surface area contributed by atoms with Gasteiger partial charge in [0.1, 0.15) is 0 Å². The van der Waals surface area contributed by atoms with Crippen LogP contribution in [0.15, 0.2) is 24.3 Å². The van der Waals surface area contributed by atoms with Crippen LogP contribution < -0.4 is 0 Å². The maximum atomic E-state index is 14.5. The van der Waals surface area contributed by atoms with Crippen LogP contribution in [0.3, 0.4) is 0 Å². The Morgan fingerprint density at radius 1 is 0.741 bits per heavy atom. The van der Waals surface area contributed by atoms with Crippen molar-refractivity contribution in [3.63, 3.8) is 0 Å². The van der Waals surface area contributed by atoms with Crippen LogP contribution in [0.5, 0.6) is 0 Å². The molecule has 1 aromatic carbocycles. The number of alkyl halides is 11. The SMILES string of the molecule is Cc1cccc(C(O)CC2(F)C(F)(F)C(F)(F)C(F)(F)C(F)(F)C2(F)F)c1. The molecule has 0 radical (unpaired) electrons. The Bertz CT molecular complexity index is 698. The van der Waals surface area contributed by atoms with Gasteiger partial charge in [0.2, 0.25) is 0 Å². The van der Waals surface area contributed by atoms with Gasteiger partial charge in [0.05, 0.1) is 6.10 Å². The largest absolute Gasteiger partial charge is 0.388 e. The van der Waals surface area contributed by atoms with Crippen molar-refractivity contribution in [3.8, 4) is 0 Å². The fourth-order valence-electron chi connectivity index (χ4n) is 2.80. The van der Waals surface area contributed by atoms with Crippen molar-refractivity contribution in [3.05, 3.63) is 35.4 Å². The second-order valence-corrected chi connectivity index (χ2v) is 6.31. The maximum absolute atomic E-state index is 14.5. The molecular weight excluding hydrogens is 405 g/mol. The molecule has 1 aliphatic rings. The molecule has 0 aromatic heterocycles. The van der Waals surface area contributed by atoms with Gasteiger partial charge >= 0.3 is 29.6 Å². The molecule has 0 saturated heterocycles. The molecule has 1 aliphatic carbocycles. The summed E-state index contributed by atoms with van der Waals surface area (Å²) in [7, 11) is 0. The van der Waals surface area contributed by atoms with E-state index in [0.717, 1.165) is 18.2 Å². The summed E-state index contributed by atoms with van der Waals surface area (Å²) in [6, 6.07) is 4.37. The topological polar surface area (TPSA) is 20.2 Å². The minimum Gasteiger partial charge on any atom is -0.388 e. The molecule has 1 N–H and O–H groups in total.